The van der Waals surface area contributed by atoms with E-state index < -0.39 is 17.3 Å². The largest absolute Gasteiger partial charge is 0.416 e. The third-order valence-corrected chi connectivity index (χ3v) is 5.29. The maximum Gasteiger partial charge on any atom is 0.416 e. The van der Waals surface area contributed by atoms with Gasteiger partial charge in [-0.15, -0.1) is 0 Å². The number of hydrogen-bond donors (Lipinski definition) is 1. The van der Waals surface area contributed by atoms with Crippen molar-refractivity contribution in [2.45, 2.75) is 19.3 Å². The molecule has 31 heavy (non-hydrogen) atoms. The van der Waals surface area contributed by atoms with Crippen molar-refractivity contribution in [2.24, 2.45) is 0 Å². The lowest BCUT2D eigenvalue weighted by molar-refractivity contribution is -0.137. The number of nitrogens with zero attached hydrogens (tertiary/aromatic N) is 3. The lowest BCUT2D eigenvalue weighted by atomic mass is 10.1. The summed E-state index contributed by atoms with van der Waals surface area (Å²) in [7, 11) is 1.88. The first kappa shape index (κ1) is 21.3. The van der Waals surface area contributed by atoms with E-state index in [1.54, 1.807) is 0 Å². The van der Waals surface area contributed by atoms with Crippen molar-refractivity contribution in [3.8, 4) is 0 Å². The lowest BCUT2D eigenvalue weighted by Crippen LogP contribution is -2.37. The van der Waals surface area contributed by atoms with E-state index in [9.17, 15) is 18.0 Å². The first-order valence-electron chi connectivity index (χ1n) is 10.0. The minimum absolute atomic E-state index is 0.0377. The summed E-state index contributed by atoms with van der Waals surface area (Å²) in [5.74, 6) is 0.322. The predicted octanol–water partition coefficient (Wildman–Crippen LogP) is 3.41. The van der Waals surface area contributed by atoms with E-state index in [4.69, 9.17) is 4.74 Å². The SMILES string of the molecule is CN(Cc1nc2cc(C(F)(F)F)ccc2c(=O)[nH]1)Cc1ccccc1N1CCOCC1. The third kappa shape index (κ3) is 4.88. The Morgan fingerprint density at radius 3 is 2.61 bits per heavy atom. The van der Waals surface area contributed by atoms with Crippen LogP contribution in [0.3, 0.4) is 0 Å². The number of aromatic nitrogens is 2. The molecular formula is C22H23F3N4O2. The molecule has 0 saturated carbocycles. The molecule has 0 amide bonds. The average molecular weight is 432 g/mol. The van der Waals surface area contributed by atoms with E-state index in [0.29, 0.717) is 32.1 Å². The van der Waals surface area contributed by atoms with Crippen molar-refractivity contribution in [3.63, 3.8) is 0 Å². The number of aromatic amines is 1. The number of halogens is 3. The molecule has 1 aromatic heterocycles. The van der Waals surface area contributed by atoms with Gasteiger partial charge in [0.15, 0.2) is 0 Å². The standard InChI is InChI=1S/C22H23F3N4O2/c1-28(13-15-4-2-3-5-19(15)29-8-10-31-11-9-29)14-20-26-18-12-16(22(23,24)25)6-7-17(18)21(30)27-20/h2-7,12H,8-11,13-14H2,1H3,(H,26,27,30). The van der Waals surface area contributed by atoms with Gasteiger partial charge in [-0.1, -0.05) is 18.2 Å². The van der Waals surface area contributed by atoms with Crippen molar-refractivity contribution >= 4 is 16.6 Å². The van der Waals surface area contributed by atoms with Crippen molar-refractivity contribution < 1.29 is 17.9 Å². The normalized spacial score (nSPS) is 15.1. The maximum atomic E-state index is 13.0. The van der Waals surface area contributed by atoms with Crippen molar-refractivity contribution in [3.05, 3.63) is 69.8 Å². The molecule has 1 aliphatic heterocycles. The maximum absolute atomic E-state index is 13.0. The molecule has 0 unspecified atom stereocenters. The number of fused-ring (bicyclic) bond motifs is 1. The Labute approximate surface area is 177 Å². The smallest absolute Gasteiger partial charge is 0.378 e. The molecule has 0 spiro atoms. The van der Waals surface area contributed by atoms with Gasteiger partial charge in [0, 0.05) is 25.3 Å². The van der Waals surface area contributed by atoms with Gasteiger partial charge in [-0.3, -0.25) is 9.69 Å². The molecule has 1 saturated heterocycles. The second-order valence-corrected chi connectivity index (χ2v) is 7.64. The molecular weight excluding hydrogens is 409 g/mol. The summed E-state index contributed by atoms with van der Waals surface area (Å²) >= 11 is 0. The van der Waals surface area contributed by atoms with E-state index in [-0.39, 0.29) is 10.9 Å². The Bertz CT molecular complexity index is 1120. The highest BCUT2D eigenvalue weighted by Gasteiger charge is 2.30. The molecule has 1 N–H and O–H groups in total. The van der Waals surface area contributed by atoms with Crippen LogP contribution in [0.1, 0.15) is 17.0 Å². The molecule has 0 bridgehead atoms. The summed E-state index contributed by atoms with van der Waals surface area (Å²) in [5, 5.41) is 0.136. The van der Waals surface area contributed by atoms with E-state index in [0.717, 1.165) is 42.5 Å². The molecule has 4 rings (SSSR count). The number of hydrogen-bond acceptors (Lipinski definition) is 5. The summed E-state index contributed by atoms with van der Waals surface area (Å²) in [6.45, 7) is 3.90. The topological polar surface area (TPSA) is 61.5 Å². The Morgan fingerprint density at radius 2 is 1.87 bits per heavy atom. The van der Waals surface area contributed by atoms with Crippen LogP contribution in [0, 0.1) is 0 Å². The van der Waals surface area contributed by atoms with Crippen molar-refractivity contribution in [1.29, 1.82) is 0 Å². The third-order valence-electron chi connectivity index (χ3n) is 5.29. The van der Waals surface area contributed by atoms with Crippen LogP contribution >= 0.6 is 0 Å². The van der Waals surface area contributed by atoms with Crippen LogP contribution in [0.4, 0.5) is 18.9 Å². The lowest BCUT2D eigenvalue weighted by Gasteiger charge is -2.31. The molecule has 164 valence electrons. The summed E-state index contributed by atoms with van der Waals surface area (Å²) in [6, 6.07) is 11.1. The van der Waals surface area contributed by atoms with Gasteiger partial charge >= 0.3 is 6.18 Å². The monoisotopic (exact) mass is 432 g/mol. The molecule has 1 fully saturated rings. The Kier molecular flexibility index (Phi) is 5.97. The molecule has 0 atom stereocenters. The molecule has 6 nitrogen and oxygen atoms in total. The Balaban J connectivity index is 1.55. The van der Waals surface area contributed by atoms with Gasteiger partial charge < -0.3 is 14.6 Å². The fourth-order valence-corrected chi connectivity index (χ4v) is 3.80. The number of anilines is 1. The van der Waals surface area contributed by atoms with Gasteiger partial charge in [0.1, 0.15) is 5.82 Å². The summed E-state index contributed by atoms with van der Waals surface area (Å²) < 4.78 is 44.5. The second-order valence-electron chi connectivity index (χ2n) is 7.64. The van der Waals surface area contributed by atoms with E-state index in [2.05, 4.69) is 20.9 Å². The van der Waals surface area contributed by atoms with Crippen LogP contribution in [0.25, 0.3) is 10.9 Å². The number of alkyl halides is 3. The van der Waals surface area contributed by atoms with Crippen molar-refractivity contribution in [1.82, 2.24) is 14.9 Å². The molecule has 3 aromatic rings. The Morgan fingerprint density at radius 1 is 1.13 bits per heavy atom. The summed E-state index contributed by atoms with van der Waals surface area (Å²) in [5.41, 5.74) is 1.02. The molecule has 9 heteroatoms. The summed E-state index contributed by atoms with van der Waals surface area (Å²) in [6.07, 6.45) is -4.49. The van der Waals surface area contributed by atoms with Crippen LogP contribution in [-0.2, 0) is 24.0 Å². The zero-order valence-electron chi connectivity index (χ0n) is 17.1. The van der Waals surface area contributed by atoms with Gasteiger partial charge in [-0.25, -0.2) is 4.98 Å². The van der Waals surface area contributed by atoms with E-state index in [1.165, 1.54) is 0 Å². The number of H-pyrrole nitrogens is 1. The van der Waals surface area contributed by atoms with Crippen LogP contribution in [0.2, 0.25) is 0 Å². The van der Waals surface area contributed by atoms with Gasteiger partial charge in [-0.05, 0) is 36.9 Å². The summed E-state index contributed by atoms with van der Waals surface area (Å²) in [4.78, 5) is 23.6. The van der Waals surface area contributed by atoms with Gasteiger partial charge in [-0.2, -0.15) is 13.2 Å². The number of morpholine rings is 1. The number of rotatable bonds is 5. The van der Waals surface area contributed by atoms with Crippen LogP contribution in [0.15, 0.2) is 47.3 Å². The first-order valence-corrected chi connectivity index (χ1v) is 10.0. The fraction of sp³-hybridized carbons (Fsp3) is 0.364. The first-order chi connectivity index (χ1) is 14.8. The van der Waals surface area contributed by atoms with Gasteiger partial charge in [0.2, 0.25) is 0 Å². The average Bonchev–Trinajstić information content (AvgIpc) is 2.73. The fourth-order valence-electron chi connectivity index (χ4n) is 3.80. The van der Waals surface area contributed by atoms with E-state index in [1.807, 2.05) is 30.1 Å². The highest BCUT2D eigenvalue weighted by Crippen LogP contribution is 2.30. The minimum atomic E-state index is -4.49. The molecule has 2 aromatic carbocycles. The van der Waals surface area contributed by atoms with E-state index >= 15 is 0 Å². The number of benzene rings is 2. The highest BCUT2D eigenvalue weighted by molar-refractivity contribution is 5.78. The Hall–Kier alpha value is -2.91. The predicted molar refractivity (Wildman–Crippen MR) is 112 cm³/mol. The highest BCUT2D eigenvalue weighted by atomic mass is 19.4. The zero-order valence-corrected chi connectivity index (χ0v) is 17.1. The van der Waals surface area contributed by atoms with Crippen molar-refractivity contribution in [2.75, 3.05) is 38.3 Å². The zero-order chi connectivity index (χ0) is 22.0. The molecule has 2 heterocycles. The molecule has 0 aliphatic carbocycles. The van der Waals surface area contributed by atoms with Crippen LogP contribution in [0.5, 0.6) is 0 Å². The quantitative estimate of drug-likeness (QED) is 0.670. The van der Waals surface area contributed by atoms with Crippen LogP contribution in [-0.4, -0.2) is 48.2 Å². The second kappa shape index (κ2) is 8.68. The van der Waals surface area contributed by atoms with Gasteiger partial charge in [0.25, 0.3) is 5.56 Å². The molecule has 1 aliphatic rings. The molecule has 0 radical (unpaired) electrons. The number of ether oxygens (including phenoxy) is 1. The number of para-hydroxylation sites is 1. The minimum Gasteiger partial charge on any atom is -0.378 e. The van der Waals surface area contributed by atoms with Crippen LogP contribution < -0.4 is 10.5 Å². The van der Waals surface area contributed by atoms with Gasteiger partial charge in [0.05, 0.1) is 36.2 Å². The number of nitrogens with one attached hydrogen (secondary N) is 1.